The molecule has 0 radical (unpaired) electrons. The summed E-state index contributed by atoms with van der Waals surface area (Å²) in [7, 11) is 0. The van der Waals surface area contributed by atoms with Crippen molar-refractivity contribution >= 4 is 29.4 Å². The van der Waals surface area contributed by atoms with Gasteiger partial charge in [0, 0.05) is 24.3 Å². The van der Waals surface area contributed by atoms with Crippen molar-refractivity contribution in [3.8, 4) is 0 Å². The van der Waals surface area contributed by atoms with Gasteiger partial charge >= 0.3 is 12.1 Å². The molecule has 1 N–H and O–H groups in total. The minimum Gasteiger partial charge on any atom is -0.457 e. The third-order valence-electron chi connectivity index (χ3n) is 5.32. The number of amides is 2. The monoisotopic (exact) mass is 416 g/mol. The van der Waals surface area contributed by atoms with Gasteiger partial charge in [0.2, 0.25) is 5.91 Å². The molecule has 0 spiro atoms. The Morgan fingerprint density at radius 2 is 1.83 bits per heavy atom. The Labute approximate surface area is 175 Å². The highest BCUT2D eigenvalue weighted by Gasteiger charge is 2.31. The topological polar surface area (TPSA) is 102 Å². The number of Topliss-reactive ketones (excluding diaryl/α,β-unsaturated/α-hetero) is 1. The summed E-state index contributed by atoms with van der Waals surface area (Å²) < 4.78 is 10.6. The van der Waals surface area contributed by atoms with Crippen molar-refractivity contribution in [2.24, 2.45) is 5.92 Å². The highest BCUT2D eigenvalue weighted by atomic mass is 16.6. The molecule has 3 rings (SSSR count). The van der Waals surface area contributed by atoms with E-state index in [1.54, 1.807) is 30.0 Å². The highest BCUT2D eigenvalue weighted by Crippen LogP contribution is 2.32. The van der Waals surface area contributed by atoms with Crippen LogP contribution in [0.25, 0.3) is 0 Å². The zero-order valence-corrected chi connectivity index (χ0v) is 17.8. The molecule has 8 heteroatoms. The number of ether oxygens (including phenoxy) is 2. The lowest BCUT2D eigenvalue weighted by Crippen LogP contribution is -2.43. The Hall–Kier alpha value is -2.90. The van der Waals surface area contributed by atoms with Gasteiger partial charge in [0.05, 0.1) is 11.8 Å². The van der Waals surface area contributed by atoms with E-state index in [0.717, 1.165) is 5.56 Å². The van der Waals surface area contributed by atoms with Crippen molar-refractivity contribution in [1.29, 1.82) is 0 Å². The van der Waals surface area contributed by atoms with E-state index in [1.807, 2.05) is 20.8 Å². The standard InChI is InChI=1S/C22H28N2O6/c1-13-16-11-15(5-6-17(16)23-19(13)26)18(25)12-29-20(27)14-7-9-24(10-8-14)21(28)30-22(2,3)4/h5-6,11,13-14H,7-10,12H2,1-4H3,(H,23,26)/t13-/m1/s1. The molecular formula is C22H28N2O6. The average molecular weight is 416 g/mol. The van der Waals surface area contributed by atoms with Crippen molar-refractivity contribution < 1.29 is 28.7 Å². The number of esters is 1. The molecule has 30 heavy (non-hydrogen) atoms. The molecule has 0 bridgehead atoms. The second-order valence-corrected chi connectivity index (χ2v) is 8.79. The Kier molecular flexibility index (Phi) is 6.14. The number of carbonyl (C=O) groups is 4. The maximum absolute atomic E-state index is 12.4. The van der Waals surface area contributed by atoms with Crippen molar-refractivity contribution in [3.63, 3.8) is 0 Å². The normalized spacial score (nSPS) is 19.1. The fourth-order valence-electron chi connectivity index (χ4n) is 3.55. The molecule has 2 heterocycles. The Bertz CT molecular complexity index is 865. The van der Waals surface area contributed by atoms with E-state index in [0.29, 0.717) is 37.2 Å². The van der Waals surface area contributed by atoms with Gasteiger partial charge in [0.15, 0.2) is 12.4 Å². The fraction of sp³-hybridized carbons (Fsp3) is 0.545. The first-order valence-electron chi connectivity index (χ1n) is 10.2. The van der Waals surface area contributed by atoms with Crippen LogP contribution in [-0.4, -0.2) is 54.0 Å². The Morgan fingerprint density at radius 3 is 2.47 bits per heavy atom. The van der Waals surface area contributed by atoms with E-state index in [-0.39, 0.29) is 36.2 Å². The lowest BCUT2D eigenvalue weighted by Gasteiger charge is -2.32. The second kappa shape index (κ2) is 8.45. The van der Waals surface area contributed by atoms with Gasteiger partial charge < -0.3 is 19.7 Å². The molecule has 2 aliphatic rings. The number of rotatable bonds is 4. The predicted molar refractivity (Wildman–Crippen MR) is 109 cm³/mol. The second-order valence-electron chi connectivity index (χ2n) is 8.79. The summed E-state index contributed by atoms with van der Waals surface area (Å²) in [6, 6.07) is 4.98. The van der Waals surface area contributed by atoms with Gasteiger partial charge in [-0.05, 0) is 64.3 Å². The SMILES string of the molecule is C[C@H]1C(=O)Nc2ccc(C(=O)COC(=O)C3CCN(C(=O)OC(C)(C)C)CC3)cc21. The molecule has 1 saturated heterocycles. The Balaban J connectivity index is 1.48. The Morgan fingerprint density at radius 1 is 1.17 bits per heavy atom. The number of benzene rings is 1. The van der Waals surface area contributed by atoms with Crippen molar-refractivity contribution in [3.05, 3.63) is 29.3 Å². The number of ketones is 1. The van der Waals surface area contributed by atoms with Gasteiger partial charge in [-0.3, -0.25) is 14.4 Å². The summed E-state index contributed by atoms with van der Waals surface area (Å²) in [5, 5.41) is 2.76. The predicted octanol–water partition coefficient (Wildman–Crippen LogP) is 3.12. The van der Waals surface area contributed by atoms with E-state index < -0.39 is 11.6 Å². The first kappa shape index (κ1) is 21.8. The van der Waals surface area contributed by atoms with E-state index in [9.17, 15) is 19.2 Å². The molecule has 0 unspecified atom stereocenters. The zero-order chi connectivity index (χ0) is 22.1. The van der Waals surface area contributed by atoms with Gasteiger partial charge in [-0.15, -0.1) is 0 Å². The smallest absolute Gasteiger partial charge is 0.410 e. The molecule has 1 atom stereocenters. The van der Waals surface area contributed by atoms with E-state index >= 15 is 0 Å². The van der Waals surface area contributed by atoms with Crippen LogP contribution < -0.4 is 5.32 Å². The number of fused-ring (bicyclic) bond motifs is 1. The van der Waals surface area contributed by atoms with Crippen LogP contribution >= 0.6 is 0 Å². The molecule has 1 fully saturated rings. The van der Waals surface area contributed by atoms with Crippen LogP contribution in [0.15, 0.2) is 18.2 Å². The molecule has 1 aromatic carbocycles. The summed E-state index contributed by atoms with van der Waals surface area (Å²) in [6.45, 7) is 7.67. The number of piperidine rings is 1. The number of anilines is 1. The summed E-state index contributed by atoms with van der Waals surface area (Å²) in [5.74, 6) is -1.51. The van der Waals surface area contributed by atoms with Gasteiger partial charge in [-0.2, -0.15) is 0 Å². The molecule has 8 nitrogen and oxygen atoms in total. The number of hydrogen-bond acceptors (Lipinski definition) is 6. The molecule has 0 saturated carbocycles. The largest absolute Gasteiger partial charge is 0.457 e. The minimum absolute atomic E-state index is 0.0984. The maximum Gasteiger partial charge on any atom is 0.410 e. The van der Waals surface area contributed by atoms with Crippen LogP contribution in [0.3, 0.4) is 0 Å². The highest BCUT2D eigenvalue weighted by molar-refractivity contribution is 6.05. The van der Waals surface area contributed by atoms with Gasteiger partial charge in [0.25, 0.3) is 0 Å². The van der Waals surface area contributed by atoms with Gasteiger partial charge in [-0.1, -0.05) is 0 Å². The molecule has 2 amide bonds. The lowest BCUT2D eigenvalue weighted by molar-refractivity contribution is -0.149. The molecule has 0 aliphatic carbocycles. The number of hydrogen-bond donors (Lipinski definition) is 1. The third-order valence-corrected chi connectivity index (χ3v) is 5.32. The number of carbonyl (C=O) groups excluding carboxylic acids is 4. The van der Waals surface area contributed by atoms with Crippen LogP contribution in [0.1, 0.15) is 62.4 Å². The van der Waals surface area contributed by atoms with Crippen molar-refractivity contribution in [2.75, 3.05) is 25.0 Å². The molecule has 1 aromatic rings. The number of nitrogens with one attached hydrogen (secondary N) is 1. The number of likely N-dealkylation sites (tertiary alicyclic amines) is 1. The molecule has 0 aromatic heterocycles. The zero-order valence-electron chi connectivity index (χ0n) is 17.8. The average Bonchev–Trinajstić information content (AvgIpc) is 2.98. The van der Waals surface area contributed by atoms with E-state index in [4.69, 9.17) is 9.47 Å². The first-order chi connectivity index (χ1) is 14.0. The lowest BCUT2D eigenvalue weighted by atomic mass is 9.97. The summed E-state index contributed by atoms with van der Waals surface area (Å²) in [4.78, 5) is 50.2. The van der Waals surface area contributed by atoms with Gasteiger partial charge in [0.1, 0.15) is 5.60 Å². The van der Waals surface area contributed by atoms with Crippen LogP contribution in [0.5, 0.6) is 0 Å². The fourth-order valence-corrected chi connectivity index (χ4v) is 3.55. The van der Waals surface area contributed by atoms with Crippen molar-refractivity contribution in [2.45, 2.75) is 52.1 Å². The van der Waals surface area contributed by atoms with E-state index in [1.165, 1.54) is 0 Å². The van der Waals surface area contributed by atoms with Crippen LogP contribution in [0, 0.1) is 5.92 Å². The number of nitrogens with zero attached hydrogens (tertiary/aromatic N) is 1. The summed E-state index contributed by atoms with van der Waals surface area (Å²) >= 11 is 0. The maximum atomic E-state index is 12.4. The third kappa shape index (κ3) is 4.98. The molecule has 2 aliphatic heterocycles. The minimum atomic E-state index is -0.564. The van der Waals surface area contributed by atoms with Crippen LogP contribution in [0.2, 0.25) is 0 Å². The summed E-state index contributed by atoms with van der Waals surface area (Å²) in [5.41, 5.74) is 1.32. The summed E-state index contributed by atoms with van der Waals surface area (Å²) in [6.07, 6.45) is 0.551. The van der Waals surface area contributed by atoms with E-state index in [2.05, 4.69) is 5.32 Å². The van der Waals surface area contributed by atoms with Crippen LogP contribution in [0.4, 0.5) is 10.5 Å². The van der Waals surface area contributed by atoms with Gasteiger partial charge in [-0.25, -0.2) is 4.79 Å². The molecular weight excluding hydrogens is 388 g/mol. The first-order valence-corrected chi connectivity index (χ1v) is 10.2. The van der Waals surface area contributed by atoms with Crippen molar-refractivity contribution in [1.82, 2.24) is 4.90 Å². The molecule has 162 valence electrons. The van der Waals surface area contributed by atoms with Crippen LogP contribution in [-0.2, 0) is 19.1 Å². The quantitative estimate of drug-likeness (QED) is 0.598.